The molecule has 2 atom stereocenters. The van der Waals surface area contributed by atoms with E-state index in [-0.39, 0.29) is 12.8 Å². The van der Waals surface area contributed by atoms with Gasteiger partial charge >= 0.3 is 5.97 Å². The third-order valence-corrected chi connectivity index (χ3v) is 2.66. The van der Waals surface area contributed by atoms with E-state index in [1.165, 1.54) is 0 Å². The summed E-state index contributed by atoms with van der Waals surface area (Å²) in [7, 11) is 0. The highest BCUT2D eigenvalue weighted by Crippen LogP contribution is 2.00. The number of carbonyl (C=O) groups excluding carboxylic acids is 3. The molecule has 9 heteroatoms. The molecule has 0 saturated carbocycles. The summed E-state index contributed by atoms with van der Waals surface area (Å²) in [6, 6.07) is -1.81. The molecule has 3 amide bonds. The maximum absolute atomic E-state index is 11.8. The van der Waals surface area contributed by atoms with E-state index < -0.39 is 42.3 Å². The largest absolute Gasteiger partial charge is 0.480 e. The molecule has 9 nitrogen and oxygen atoms in total. The van der Waals surface area contributed by atoms with Crippen LogP contribution in [0.1, 0.15) is 32.6 Å². The quantitative estimate of drug-likeness (QED) is 0.315. The summed E-state index contributed by atoms with van der Waals surface area (Å²) in [6.45, 7) is 1.29. The van der Waals surface area contributed by atoms with Crippen LogP contribution in [0.3, 0.4) is 0 Å². The lowest BCUT2D eigenvalue weighted by atomic mass is 10.1. The fraction of sp³-hybridized carbons (Fsp3) is 0.667. The highest BCUT2D eigenvalue weighted by molar-refractivity contribution is 5.91. The third kappa shape index (κ3) is 8.58. The van der Waals surface area contributed by atoms with Crippen LogP contribution < -0.4 is 22.1 Å². The van der Waals surface area contributed by atoms with Gasteiger partial charge < -0.3 is 27.2 Å². The lowest BCUT2D eigenvalue weighted by Gasteiger charge is -2.19. The number of carboxylic acid groups (broad SMARTS) is 1. The number of primary amides is 1. The molecule has 0 aromatic heterocycles. The summed E-state index contributed by atoms with van der Waals surface area (Å²) in [6.07, 6.45) is 1.01. The van der Waals surface area contributed by atoms with E-state index in [1.54, 1.807) is 0 Å². The number of amides is 3. The third-order valence-electron chi connectivity index (χ3n) is 2.66. The second kappa shape index (κ2) is 9.70. The first kappa shape index (κ1) is 18.8. The maximum atomic E-state index is 11.8. The van der Waals surface area contributed by atoms with Crippen molar-refractivity contribution < 1.29 is 24.3 Å². The fourth-order valence-electron chi connectivity index (χ4n) is 1.55. The Morgan fingerprint density at radius 2 is 1.76 bits per heavy atom. The molecule has 0 aromatic rings. The van der Waals surface area contributed by atoms with Crippen molar-refractivity contribution in [2.45, 2.75) is 44.7 Å². The molecule has 0 rings (SSSR count). The van der Waals surface area contributed by atoms with E-state index in [9.17, 15) is 19.2 Å². The van der Waals surface area contributed by atoms with Gasteiger partial charge in [0.2, 0.25) is 17.7 Å². The highest BCUT2D eigenvalue weighted by atomic mass is 16.4. The Labute approximate surface area is 122 Å². The monoisotopic (exact) mass is 302 g/mol. The first-order valence-corrected chi connectivity index (χ1v) is 6.61. The average Bonchev–Trinajstić information content (AvgIpc) is 2.41. The second-order valence-electron chi connectivity index (χ2n) is 4.57. The Hall–Kier alpha value is -2.16. The summed E-state index contributed by atoms with van der Waals surface area (Å²) in [5, 5.41) is 13.1. The van der Waals surface area contributed by atoms with Crippen molar-refractivity contribution in [1.82, 2.24) is 10.6 Å². The first-order chi connectivity index (χ1) is 9.77. The summed E-state index contributed by atoms with van der Waals surface area (Å²) < 4.78 is 0. The van der Waals surface area contributed by atoms with Gasteiger partial charge in [0.15, 0.2) is 0 Å². The molecule has 0 aliphatic carbocycles. The molecule has 0 bridgehead atoms. The summed E-state index contributed by atoms with van der Waals surface area (Å²) in [5.41, 5.74) is 10.5. The SMILES string of the molecule is CCC[C@H](NC(=O)[C@@H](N)CCC(N)=O)C(=O)NCC(=O)O. The minimum atomic E-state index is -1.18. The maximum Gasteiger partial charge on any atom is 0.322 e. The topological polar surface area (TPSA) is 165 Å². The van der Waals surface area contributed by atoms with Crippen LogP contribution in [0.2, 0.25) is 0 Å². The number of rotatable bonds is 10. The van der Waals surface area contributed by atoms with Crippen molar-refractivity contribution in [3.63, 3.8) is 0 Å². The zero-order valence-corrected chi connectivity index (χ0v) is 11.9. The fourth-order valence-corrected chi connectivity index (χ4v) is 1.55. The number of nitrogens with two attached hydrogens (primary N) is 2. The lowest BCUT2D eigenvalue weighted by molar-refractivity contribution is -0.138. The number of nitrogens with one attached hydrogen (secondary N) is 2. The summed E-state index contributed by atoms with van der Waals surface area (Å²) in [5.74, 6) is -2.92. The van der Waals surface area contributed by atoms with E-state index in [2.05, 4.69) is 10.6 Å². The molecule has 0 fully saturated rings. The van der Waals surface area contributed by atoms with Gasteiger partial charge in [-0.2, -0.15) is 0 Å². The van der Waals surface area contributed by atoms with Crippen LogP contribution in [-0.4, -0.2) is 47.4 Å². The van der Waals surface area contributed by atoms with Gasteiger partial charge in [-0.1, -0.05) is 13.3 Å². The molecule has 0 heterocycles. The molecular formula is C12H22N4O5. The molecule has 0 radical (unpaired) electrons. The van der Waals surface area contributed by atoms with Crippen LogP contribution >= 0.6 is 0 Å². The first-order valence-electron chi connectivity index (χ1n) is 6.61. The van der Waals surface area contributed by atoms with Gasteiger partial charge in [-0.25, -0.2) is 0 Å². The number of carbonyl (C=O) groups is 4. The standard InChI is InChI=1S/C12H22N4O5/c1-2-3-8(12(21)15-6-10(18)19)16-11(20)7(13)4-5-9(14)17/h7-8H,2-6,13H2,1H3,(H2,14,17)(H,15,21)(H,16,20)(H,18,19)/t7-,8-/m0/s1. The van der Waals surface area contributed by atoms with Crippen molar-refractivity contribution in [2.24, 2.45) is 11.5 Å². The number of carboxylic acids is 1. The van der Waals surface area contributed by atoms with E-state index in [4.69, 9.17) is 16.6 Å². The number of aliphatic carboxylic acids is 1. The van der Waals surface area contributed by atoms with E-state index in [1.807, 2.05) is 6.92 Å². The van der Waals surface area contributed by atoms with Gasteiger partial charge in [0, 0.05) is 6.42 Å². The molecule has 7 N–H and O–H groups in total. The predicted molar refractivity (Wildman–Crippen MR) is 73.9 cm³/mol. The van der Waals surface area contributed by atoms with Crippen molar-refractivity contribution in [3.05, 3.63) is 0 Å². The second-order valence-corrected chi connectivity index (χ2v) is 4.57. The Morgan fingerprint density at radius 1 is 1.14 bits per heavy atom. The zero-order valence-electron chi connectivity index (χ0n) is 11.9. The van der Waals surface area contributed by atoms with Crippen LogP contribution in [0.15, 0.2) is 0 Å². The average molecular weight is 302 g/mol. The van der Waals surface area contributed by atoms with Crippen molar-refractivity contribution in [3.8, 4) is 0 Å². The van der Waals surface area contributed by atoms with E-state index in [0.717, 1.165) is 0 Å². The van der Waals surface area contributed by atoms with Gasteiger partial charge in [0.1, 0.15) is 12.6 Å². The Bertz CT molecular complexity index is 399. The van der Waals surface area contributed by atoms with Crippen LogP contribution in [0.25, 0.3) is 0 Å². The Balaban J connectivity index is 4.46. The Kier molecular flexibility index (Phi) is 8.70. The van der Waals surface area contributed by atoms with Crippen LogP contribution in [-0.2, 0) is 19.2 Å². The van der Waals surface area contributed by atoms with Crippen LogP contribution in [0, 0.1) is 0 Å². The predicted octanol–water partition coefficient (Wildman–Crippen LogP) is -1.94. The lowest BCUT2D eigenvalue weighted by Crippen LogP contribution is -2.52. The molecule has 0 saturated heterocycles. The van der Waals surface area contributed by atoms with Crippen molar-refractivity contribution in [2.75, 3.05) is 6.54 Å². The van der Waals surface area contributed by atoms with E-state index >= 15 is 0 Å². The van der Waals surface area contributed by atoms with Gasteiger partial charge in [-0.3, -0.25) is 19.2 Å². The number of hydrogen-bond donors (Lipinski definition) is 5. The van der Waals surface area contributed by atoms with Gasteiger partial charge in [0.05, 0.1) is 6.04 Å². The van der Waals surface area contributed by atoms with Crippen molar-refractivity contribution in [1.29, 1.82) is 0 Å². The van der Waals surface area contributed by atoms with Crippen LogP contribution in [0.5, 0.6) is 0 Å². The van der Waals surface area contributed by atoms with Gasteiger partial charge in [-0.15, -0.1) is 0 Å². The minimum absolute atomic E-state index is 0.0295. The molecule has 0 aliphatic heterocycles. The molecular weight excluding hydrogens is 280 g/mol. The molecule has 0 aromatic carbocycles. The van der Waals surface area contributed by atoms with E-state index in [0.29, 0.717) is 12.8 Å². The summed E-state index contributed by atoms with van der Waals surface area (Å²) in [4.78, 5) is 44.6. The number of hydrogen-bond acceptors (Lipinski definition) is 5. The molecule has 0 unspecified atom stereocenters. The van der Waals surface area contributed by atoms with Crippen molar-refractivity contribution >= 4 is 23.7 Å². The zero-order chi connectivity index (χ0) is 16.4. The molecule has 120 valence electrons. The normalized spacial score (nSPS) is 13.0. The molecule has 21 heavy (non-hydrogen) atoms. The molecule has 0 aliphatic rings. The van der Waals surface area contributed by atoms with Gasteiger partial charge in [-0.05, 0) is 12.8 Å². The smallest absolute Gasteiger partial charge is 0.322 e. The van der Waals surface area contributed by atoms with Crippen LogP contribution in [0.4, 0.5) is 0 Å². The Morgan fingerprint density at radius 3 is 2.24 bits per heavy atom. The minimum Gasteiger partial charge on any atom is -0.480 e. The highest BCUT2D eigenvalue weighted by Gasteiger charge is 2.23. The molecule has 0 spiro atoms. The summed E-state index contributed by atoms with van der Waals surface area (Å²) >= 11 is 0. The van der Waals surface area contributed by atoms with Gasteiger partial charge in [0.25, 0.3) is 0 Å².